The number of carbonyl (C=O) groups is 4. The zero-order valence-corrected chi connectivity index (χ0v) is 20.7. The Hall–Kier alpha value is -2.94. The van der Waals surface area contributed by atoms with E-state index >= 15 is 0 Å². The van der Waals surface area contributed by atoms with Crippen molar-refractivity contribution >= 4 is 29.4 Å². The van der Waals surface area contributed by atoms with Crippen LogP contribution in [0.4, 0.5) is 5.69 Å². The summed E-state index contributed by atoms with van der Waals surface area (Å²) in [7, 11) is 0. The van der Waals surface area contributed by atoms with E-state index in [1.807, 2.05) is 27.7 Å². The van der Waals surface area contributed by atoms with Crippen LogP contribution in [0, 0.1) is 11.8 Å². The molecule has 3 amide bonds. The molecular weight excluding hydrogens is 424 g/mol. The van der Waals surface area contributed by atoms with Crippen LogP contribution in [0.25, 0.3) is 0 Å². The zero-order chi connectivity index (χ0) is 25.1. The Labute approximate surface area is 197 Å². The van der Waals surface area contributed by atoms with Crippen molar-refractivity contribution in [2.45, 2.75) is 73.2 Å². The molecule has 2 atom stereocenters. The predicted molar refractivity (Wildman–Crippen MR) is 129 cm³/mol. The Morgan fingerprint density at radius 2 is 1.48 bits per heavy atom. The summed E-state index contributed by atoms with van der Waals surface area (Å²) < 4.78 is 5.18. The molecule has 9 nitrogen and oxygen atoms in total. The monoisotopic (exact) mass is 464 g/mol. The summed E-state index contributed by atoms with van der Waals surface area (Å²) >= 11 is 0. The van der Waals surface area contributed by atoms with Crippen LogP contribution in [0.5, 0.6) is 0 Å². The summed E-state index contributed by atoms with van der Waals surface area (Å²) in [6.45, 7) is 12.9. The van der Waals surface area contributed by atoms with Crippen molar-refractivity contribution in [2.24, 2.45) is 11.8 Å². The molecule has 0 saturated carbocycles. The van der Waals surface area contributed by atoms with Crippen molar-refractivity contribution in [3.63, 3.8) is 0 Å². The van der Waals surface area contributed by atoms with Crippen molar-refractivity contribution < 1.29 is 25.3 Å². The number of anilines is 1. The largest absolute Gasteiger partial charge is 0.461 e. The number of esters is 1. The smallest absolute Gasteiger partial charge is 0.308 e. The van der Waals surface area contributed by atoms with Gasteiger partial charge >= 0.3 is 5.97 Å². The molecule has 1 aromatic carbocycles. The Morgan fingerprint density at radius 3 is 2.00 bits per heavy atom. The van der Waals surface area contributed by atoms with Gasteiger partial charge in [-0.2, -0.15) is 0 Å². The van der Waals surface area contributed by atoms with Gasteiger partial charge in [0.05, 0.1) is 12.5 Å². The SMILES string of the molecule is CC(C)NCC(=O)N[C@H](C(=O)NC(C)C(=O)Nc1ccc(COC(=O)C(C)C)cc1)C(C)C.[HH]. The van der Waals surface area contributed by atoms with Gasteiger partial charge in [-0.15, -0.1) is 0 Å². The lowest BCUT2D eigenvalue weighted by atomic mass is 10.0. The van der Waals surface area contributed by atoms with Crippen molar-refractivity contribution in [1.82, 2.24) is 16.0 Å². The molecule has 0 aromatic heterocycles. The summed E-state index contributed by atoms with van der Waals surface area (Å²) in [5.74, 6) is -1.72. The third-order valence-electron chi connectivity index (χ3n) is 4.76. The van der Waals surface area contributed by atoms with E-state index in [0.29, 0.717) is 5.69 Å². The van der Waals surface area contributed by atoms with Gasteiger partial charge in [0.25, 0.3) is 0 Å². The van der Waals surface area contributed by atoms with Crippen LogP contribution in [-0.4, -0.2) is 48.4 Å². The number of hydrogen-bond donors (Lipinski definition) is 4. The topological polar surface area (TPSA) is 126 Å². The molecule has 0 saturated heterocycles. The Balaban J connectivity index is 0.0000109. The Bertz CT molecular complexity index is 812. The predicted octanol–water partition coefficient (Wildman–Crippen LogP) is 2.21. The molecule has 9 heteroatoms. The molecule has 0 aliphatic heterocycles. The lowest BCUT2D eigenvalue weighted by Crippen LogP contribution is -2.55. The number of rotatable bonds is 12. The van der Waals surface area contributed by atoms with Crippen LogP contribution in [0.15, 0.2) is 24.3 Å². The Kier molecular flexibility index (Phi) is 11.6. The standard InChI is InChI=1S/C24H38N4O5.H2/c1-14(2)21(28-20(29)12-25-16(5)6)23(31)26-17(7)22(30)27-19-10-8-18(9-11-19)13-33-24(32)15(3)4;/h8-11,14-17,21,25H,12-13H2,1-7H3,(H,26,31)(H,27,30)(H,28,29);1H/t17?,21-;/m0./s1. The van der Waals surface area contributed by atoms with Crippen molar-refractivity contribution in [3.8, 4) is 0 Å². The quantitative estimate of drug-likeness (QED) is 0.352. The number of amides is 3. The number of hydrogen-bond acceptors (Lipinski definition) is 6. The minimum atomic E-state index is -0.809. The molecule has 186 valence electrons. The fraction of sp³-hybridized carbons (Fsp3) is 0.583. The zero-order valence-electron chi connectivity index (χ0n) is 20.7. The first kappa shape index (κ1) is 28.1. The molecule has 4 N–H and O–H groups in total. The van der Waals surface area contributed by atoms with Crippen LogP contribution in [0.3, 0.4) is 0 Å². The van der Waals surface area contributed by atoms with Crippen LogP contribution < -0.4 is 21.3 Å². The van der Waals surface area contributed by atoms with E-state index in [1.54, 1.807) is 45.0 Å². The fourth-order valence-corrected chi connectivity index (χ4v) is 2.68. The molecule has 0 aliphatic rings. The lowest BCUT2D eigenvalue weighted by Gasteiger charge is -2.24. The average Bonchev–Trinajstić information content (AvgIpc) is 2.74. The molecule has 0 spiro atoms. The second kappa shape index (κ2) is 13.6. The average molecular weight is 465 g/mol. The van der Waals surface area contributed by atoms with E-state index in [4.69, 9.17) is 4.74 Å². The summed E-state index contributed by atoms with van der Waals surface area (Å²) in [6, 6.07) is 5.48. The van der Waals surface area contributed by atoms with Crippen LogP contribution in [-0.2, 0) is 30.5 Å². The molecule has 0 fully saturated rings. The van der Waals surface area contributed by atoms with Gasteiger partial charge in [-0.25, -0.2) is 0 Å². The maximum Gasteiger partial charge on any atom is 0.308 e. The number of ether oxygens (including phenoxy) is 1. The van der Waals surface area contributed by atoms with Crippen molar-refractivity contribution in [3.05, 3.63) is 29.8 Å². The van der Waals surface area contributed by atoms with E-state index in [-0.39, 0.29) is 44.3 Å². The second-order valence-electron chi connectivity index (χ2n) is 9.00. The van der Waals surface area contributed by atoms with Gasteiger partial charge in [-0.3, -0.25) is 19.2 Å². The normalized spacial score (nSPS) is 12.9. The minimum Gasteiger partial charge on any atom is -0.461 e. The molecule has 0 aliphatic carbocycles. The molecule has 33 heavy (non-hydrogen) atoms. The highest BCUT2D eigenvalue weighted by molar-refractivity contribution is 5.98. The molecule has 0 radical (unpaired) electrons. The molecule has 1 rings (SSSR count). The summed E-state index contributed by atoms with van der Waals surface area (Å²) in [4.78, 5) is 48.9. The molecule has 1 unspecified atom stereocenters. The summed E-state index contributed by atoms with van der Waals surface area (Å²) in [6.07, 6.45) is 0. The third kappa shape index (κ3) is 10.5. The van der Waals surface area contributed by atoms with Gasteiger partial charge in [0.15, 0.2) is 0 Å². The van der Waals surface area contributed by atoms with Crippen LogP contribution in [0.2, 0.25) is 0 Å². The van der Waals surface area contributed by atoms with Gasteiger partial charge in [0.1, 0.15) is 18.7 Å². The second-order valence-corrected chi connectivity index (χ2v) is 9.00. The van der Waals surface area contributed by atoms with Gasteiger partial charge in [0.2, 0.25) is 17.7 Å². The Morgan fingerprint density at radius 1 is 0.879 bits per heavy atom. The summed E-state index contributed by atoms with van der Waals surface area (Å²) in [5.41, 5.74) is 1.35. The van der Waals surface area contributed by atoms with Crippen molar-refractivity contribution in [2.75, 3.05) is 11.9 Å². The molecule has 0 bridgehead atoms. The third-order valence-corrected chi connectivity index (χ3v) is 4.76. The van der Waals surface area contributed by atoms with Crippen LogP contribution >= 0.6 is 0 Å². The maximum atomic E-state index is 12.7. The first-order valence-corrected chi connectivity index (χ1v) is 11.3. The highest BCUT2D eigenvalue weighted by Gasteiger charge is 2.27. The summed E-state index contributed by atoms with van der Waals surface area (Å²) in [5, 5.41) is 11.1. The first-order valence-electron chi connectivity index (χ1n) is 11.3. The maximum absolute atomic E-state index is 12.7. The fourth-order valence-electron chi connectivity index (χ4n) is 2.68. The minimum absolute atomic E-state index is 0. The number of carbonyl (C=O) groups excluding carboxylic acids is 4. The molecule has 1 aromatic rings. The number of nitrogens with one attached hydrogen (secondary N) is 4. The van der Waals surface area contributed by atoms with Crippen LogP contribution in [0.1, 0.15) is 55.5 Å². The van der Waals surface area contributed by atoms with Gasteiger partial charge in [0, 0.05) is 13.2 Å². The molecular formula is C24H40N4O5. The number of benzene rings is 1. The van der Waals surface area contributed by atoms with E-state index in [2.05, 4.69) is 21.3 Å². The van der Waals surface area contributed by atoms with E-state index in [1.165, 1.54) is 0 Å². The van der Waals surface area contributed by atoms with Gasteiger partial charge < -0.3 is 26.0 Å². The van der Waals surface area contributed by atoms with Gasteiger partial charge in [-0.05, 0) is 30.5 Å². The van der Waals surface area contributed by atoms with Gasteiger partial charge in [-0.1, -0.05) is 53.7 Å². The highest BCUT2D eigenvalue weighted by Crippen LogP contribution is 2.12. The van der Waals surface area contributed by atoms with Crippen molar-refractivity contribution in [1.29, 1.82) is 0 Å². The van der Waals surface area contributed by atoms with E-state index in [0.717, 1.165) is 5.56 Å². The highest BCUT2D eigenvalue weighted by atomic mass is 16.5. The van der Waals surface area contributed by atoms with E-state index in [9.17, 15) is 19.2 Å². The lowest BCUT2D eigenvalue weighted by molar-refractivity contribution is -0.148. The molecule has 0 heterocycles. The van der Waals surface area contributed by atoms with E-state index < -0.39 is 23.9 Å². The first-order chi connectivity index (χ1) is 15.4.